The maximum atomic E-state index is 11.0. The minimum Gasteiger partial charge on any atom is -0.478 e. The molecule has 0 aliphatic heterocycles. The van der Waals surface area contributed by atoms with E-state index in [-0.39, 0.29) is 0 Å². The van der Waals surface area contributed by atoms with Crippen LogP contribution in [-0.4, -0.2) is 15.6 Å². The molecule has 0 spiro atoms. The van der Waals surface area contributed by atoms with Crippen LogP contribution in [0.1, 0.15) is 27.3 Å². The number of aryl methyl sites for hydroxylation is 3. The Balaban J connectivity index is 2.66. The molecule has 1 aromatic carbocycles. The molecule has 0 radical (unpaired) electrons. The zero-order valence-electron chi connectivity index (χ0n) is 10.2. The van der Waals surface area contributed by atoms with Crippen LogP contribution in [0.5, 0.6) is 0 Å². The number of rotatable bonds is 2. The van der Waals surface area contributed by atoms with E-state index in [1.54, 1.807) is 12.1 Å². The predicted molar refractivity (Wildman–Crippen MR) is 66.9 cm³/mol. The highest BCUT2D eigenvalue weighted by Crippen LogP contribution is 2.21. The van der Waals surface area contributed by atoms with E-state index >= 15 is 0 Å². The molecule has 88 valence electrons. The molecular weight excluding hydrogens is 214 g/mol. The van der Waals surface area contributed by atoms with Crippen LogP contribution < -0.4 is 0 Å². The van der Waals surface area contributed by atoms with E-state index in [1.165, 1.54) is 0 Å². The molecule has 1 N–H and O–H groups in total. The van der Waals surface area contributed by atoms with Crippen molar-refractivity contribution in [1.29, 1.82) is 0 Å². The number of benzene rings is 1. The summed E-state index contributed by atoms with van der Waals surface area (Å²) in [5.41, 5.74) is 4.53. The third-order valence-corrected chi connectivity index (χ3v) is 2.97. The van der Waals surface area contributed by atoms with Crippen LogP contribution in [0.3, 0.4) is 0 Å². The second-order valence-corrected chi connectivity index (χ2v) is 4.26. The summed E-state index contributed by atoms with van der Waals surface area (Å²) < 4.78 is 2.07. The second-order valence-electron chi connectivity index (χ2n) is 4.26. The van der Waals surface area contributed by atoms with Crippen molar-refractivity contribution in [3.8, 4) is 5.69 Å². The van der Waals surface area contributed by atoms with Crippen LogP contribution in [0, 0.1) is 20.8 Å². The summed E-state index contributed by atoms with van der Waals surface area (Å²) in [6, 6.07) is 9.26. The van der Waals surface area contributed by atoms with Crippen molar-refractivity contribution in [1.82, 2.24) is 4.57 Å². The number of hydrogen-bond donors (Lipinski definition) is 1. The third kappa shape index (κ3) is 1.96. The zero-order chi connectivity index (χ0) is 12.6. The zero-order valence-corrected chi connectivity index (χ0v) is 10.2. The molecule has 0 aliphatic carbocycles. The number of carboxylic acids is 1. The summed E-state index contributed by atoms with van der Waals surface area (Å²) in [5, 5.41) is 9.03. The summed E-state index contributed by atoms with van der Waals surface area (Å²) in [4.78, 5) is 11.0. The molecule has 0 aliphatic rings. The lowest BCUT2D eigenvalue weighted by Gasteiger charge is -2.13. The smallest absolute Gasteiger partial charge is 0.335 e. The van der Waals surface area contributed by atoms with Gasteiger partial charge in [-0.25, -0.2) is 4.79 Å². The van der Waals surface area contributed by atoms with Gasteiger partial charge in [0.2, 0.25) is 0 Å². The first-order valence-corrected chi connectivity index (χ1v) is 5.50. The van der Waals surface area contributed by atoms with Crippen LogP contribution in [0.4, 0.5) is 0 Å². The van der Waals surface area contributed by atoms with Crippen molar-refractivity contribution in [3.63, 3.8) is 0 Å². The largest absolute Gasteiger partial charge is 0.478 e. The van der Waals surface area contributed by atoms with E-state index in [2.05, 4.69) is 4.57 Å². The second kappa shape index (κ2) is 4.09. The minimum absolute atomic E-state index is 0.318. The Labute approximate surface area is 100 Å². The van der Waals surface area contributed by atoms with Gasteiger partial charge in [-0.2, -0.15) is 0 Å². The molecule has 0 bridgehead atoms. The molecule has 3 nitrogen and oxygen atoms in total. The minimum atomic E-state index is -0.895. The highest BCUT2D eigenvalue weighted by atomic mass is 16.4. The summed E-state index contributed by atoms with van der Waals surface area (Å²) >= 11 is 0. The fourth-order valence-corrected chi connectivity index (χ4v) is 2.03. The Hall–Kier alpha value is -2.03. The molecule has 3 heteroatoms. The molecule has 17 heavy (non-hydrogen) atoms. The molecule has 1 heterocycles. The summed E-state index contributed by atoms with van der Waals surface area (Å²) in [6.07, 6.45) is 0. The van der Waals surface area contributed by atoms with Crippen LogP contribution >= 0.6 is 0 Å². The normalized spacial score (nSPS) is 10.5. The number of hydrogen-bond acceptors (Lipinski definition) is 1. The van der Waals surface area contributed by atoms with E-state index in [4.69, 9.17) is 5.11 Å². The highest BCUT2D eigenvalue weighted by molar-refractivity contribution is 5.88. The average Bonchev–Trinajstić information content (AvgIpc) is 2.59. The van der Waals surface area contributed by atoms with Gasteiger partial charge in [-0.05, 0) is 50.6 Å². The van der Waals surface area contributed by atoms with Gasteiger partial charge in [0.15, 0.2) is 0 Å². The van der Waals surface area contributed by atoms with Gasteiger partial charge < -0.3 is 9.67 Å². The molecule has 1 aromatic heterocycles. The quantitative estimate of drug-likeness (QED) is 0.859. The van der Waals surface area contributed by atoms with Gasteiger partial charge in [0.05, 0.1) is 5.56 Å². The van der Waals surface area contributed by atoms with Crippen LogP contribution in [0.2, 0.25) is 0 Å². The third-order valence-electron chi connectivity index (χ3n) is 2.97. The summed E-state index contributed by atoms with van der Waals surface area (Å²) in [5.74, 6) is -0.895. The van der Waals surface area contributed by atoms with E-state index in [0.717, 1.165) is 22.6 Å². The van der Waals surface area contributed by atoms with Crippen molar-refractivity contribution in [3.05, 3.63) is 52.8 Å². The van der Waals surface area contributed by atoms with E-state index in [9.17, 15) is 4.79 Å². The maximum absolute atomic E-state index is 11.0. The number of carboxylic acid groups (broad SMARTS) is 1. The van der Waals surface area contributed by atoms with Gasteiger partial charge >= 0.3 is 5.97 Å². The van der Waals surface area contributed by atoms with Crippen LogP contribution in [0.25, 0.3) is 5.69 Å². The average molecular weight is 229 g/mol. The van der Waals surface area contributed by atoms with Gasteiger partial charge in [-0.1, -0.05) is 6.07 Å². The van der Waals surface area contributed by atoms with Crippen molar-refractivity contribution < 1.29 is 9.90 Å². The van der Waals surface area contributed by atoms with E-state index in [1.807, 2.05) is 39.0 Å². The Bertz CT molecular complexity index is 562. The molecular formula is C14H15NO2. The fraction of sp³-hybridized carbons (Fsp3) is 0.214. The fourth-order valence-electron chi connectivity index (χ4n) is 2.03. The van der Waals surface area contributed by atoms with Gasteiger partial charge in [-0.15, -0.1) is 0 Å². The maximum Gasteiger partial charge on any atom is 0.335 e. The SMILES string of the molecule is Cc1ccc(C(=O)O)cc1-n1c(C)ccc1C. The first-order chi connectivity index (χ1) is 8.00. The van der Waals surface area contributed by atoms with Crippen molar-refractivity contribution in [2.75, 3.05) is 0 Å². The molecule has 0 atom stereocenters. The van der Waals surface area contributed by atoms with Crippen LogP contribution in [0.15, 0.2) is 30.3 Å². The lowest BCUT2D eigenvalue weighted by atomic mass is 10.1. The predicted octanol–water partition coefficient (Wildman–Crippen LogP) is 3.10. The number of aromatic carboxylic acids is 1. The first-order valence-electron chi connectivity index (χ1n) is 5.50. The number of carbonyl (C=O) groups is 1. The molecule has 0 saturated heterocycles. The van der Waals surface area contributed by atoms with Crippen molar-refractivity contribution >= 4 is 5.97 Å². The van der Waals surface area contributed by atoms with Crippen LogP contribution in [-0.2, 0) is 0 Å². The van der Waals surface area contributed by atoms with Gasteiger partial charge in [0.1, 0.15) is 0 Å². The lowest BCUT2D eigenvalue weighted by Crippen LogP contribution is -2.04. The highest BCUT2D eigenvalue weighted by Gasteiger charge is 2.10. The van der Waals surface area contributed by atoms with Gasteiger partial charge in [0.25, 0.3) is 0 Å². The van der Waals surface area contributed by atoms with Gasteiger partial charge in [-0.3, -0.25) is 0 Å². The summed E-state index contributed by atoms with van der Waals surface area (Å²) in [7, 11) is 0. The summed E-state index contributed by atoms with van der Waals surface area (Å²) in [6.45, 7) is 6.01. The van der Waals surface area contributed by atoms with Crippen molar-refractivity contribution in [2.45, 2.75) is 20.8 Å². The standard InChI is InChI=1S/C14H15NO2/c1-9-4-7-12(14(16)17)8-13(9)15-10(2)5-6-11(15)3/h4-8H,1-3H3,(H,16,17). The molecule has 0 unspecified atom stereocenters. The Morgan fingerprint density at radius 1 is 1.06 bits per heavy atom. The molecule has 0 fully saturated rings. The number of aromatic nitrogens is 1. The van der Waals surface area contributed by atoms with Gasteiger partial charge in [0, 0.05) is 17.1 Å². The molecule has 2 aromatic rings. The topological polar surface area (TPSA) is 42.2 Å². The first kappa shape index (κ1) is 11.5. The Morgan fingerprint density at radius 2 is 1.65 bits per heavy atom. The Morgan fingerprint density at radius 3 is 2.18 bits per heavy atom. The van der Waals surface area contributed by atoms with E-state index < -0.39 is 5.97 Å². The molecule has 0 amide bonds. The van der Waals surface area contributed by atoms with Crippen molar-refractivity contribution in [2.24, 2.45) is 0 Å². The monoisotopic (exact) mass is 229 g/mol. The lowest BCUT2D eigenvalue weighted by molar-refractivity contribution is 0.0697. The van der Waals surface area contributed by atoms with E-state index in [0.29, 0.717) is 5.56 Å². The molecule has 2 rings (SSSR count). The molecule has 0 saturated carbocycles. The number of nitrogens with zero attached hydrogens (tertiary/aromatic N) is 1. The Kier molecular flexibility index (Phi) is 2.76.